The molecule has 138 valence electrons. The number of aryl methyl sites for hydroxylation is 1. The molecule has 7 heteroatoms. The third kappa shape index (κ3) is 3.19. The molecular formula is C20H15F3N2OS. The minimum atomic E-state index is -4.48. The zero-order valence-corrected chi connectivity index (χ0v) is 15.1. The van der Waals surface area contributed by atoms with E-state index in [0.29, 0.717) is 11.3 Å². The van der Waals surface area contributed by atoms with Crippen molar-refractivity contribution in [1.82, 2.24) is 0 Å². The maximum absolute atomic E-state index is 13.2. The van der Waals surface area contributed by atoms with E-state index in [1.165, 1.54) is 28.4 Å². The van der Waals surface area contributed by atoms with Gasteiger partial charge in [-0.05, 0) is 49.4 Å². The summed E-state index contributed by atoms with van der Waals surface area (Å²) >= 11 is 1.50. The van der Waals surface area contributed by atoms with Crippen LogP contribution in [0.4, 0.5) is 24.5 Å². The van der Waals surface area contributed by atoms with Gasteiger partial charge >= 0.3 is 6.18 Å². The fraction of sp³-hybridized carbons (Fsp3) is 0.150. The first-order valence-electron chi connectivity index (χ1n) is 8.27. The molecule has 0 aliphatic carbocycles. The van der Waals surface area contributed by atoms with Crippen molar-refractivity contribution in [2.45, 2.75) is 19.3 Å². The number of carbonyl (C=O) groups is 1. The lowest BCUT2D eigenvalue weighted by Gasteiger charge is -2.37. The SMILES string of the molecule is Cc1ccc(C2Nc3ccccc3C(=O)N2c2cccc(C(F)(F)F)c2)s1. The van der Waals surface area contributed by atoms with E-state index >= 15 is 0 Å². The number of thiophene rings is 1. The summed E-state index contributed by atoms with van der Waals surface area (Å²) in [4.78, 5) is 16.5. The predicted molar refractivity (Wildman–Crippen MR) is 100 cm³/mol. The Morgan fingerprint density at radius 2 is 1.81 bits per heavy atom. The number of hydrogen-bond acceptors (Lipinski definition) is 3. The molecule has 3 nitrogen and oxygen atoms in total. The highest BCUT2D eigenvalue weighted by atomic mass is 32.1. The lowest BCUT2D eigenvalue weighted by atomic mass is 10.0. The quantitative estimate of drug-likeness (QED) is 0.598. The molecule has 1 aliphatic rings. The summed E-state index contributed by atoms with van der Waals surface area (Å²) in [5.41, 5.74) is 0.516. The van der Waals surface area contributed by atoms with Gasteiger partial charge in [-0.3, -0.25) is 9.69 Å². The zero-order valence-electron chi connectivity index (χ0n) is 14.2. The fourth-order valence-electron chi connectivity index (χ4n) is 3.15. The molecule has 1 unspecified atom stereocenters. The van der Waals surface area contributed by atoms with Gasteiger partial charge in [0.1, 0.15) is 6.17 Å². The third-order valence-corrected chi connectivity index (χ3v) is 5.46. The Bertz CT molecular complexity index is 1010. The van der Waals surface area contributed by atoms with Crippen molar-refractivity contribution in [2.24, 2.45) is 0 Å². The van der Waals surface area contributed by atoms with Gasteiger partial charge in [-0.15, -0.1) is 11.3 Å². The normalized spacial score (nSPS) is 16.8. The number of carbonyl (C=O) groups excluding carboxylic acids is 1. The van der Waals surface area contributed by atoms with Crippen LogP contribution in [-0.2, 0) is 6.18 Å². The maximum atomic E-state index is 13.2. The number of para-hydroxylation sites is 1. The summed E-state index contributed by atoms with van der Waals surface area (Å²) in [5, 5.41) is 3.30. The van der Waals surface area contributed by atoms with Crippen molar-refractivity contribution >= 4 is 28.6 Å². The first-order chi connectivity index (χ1) is 12.8. The molecule has 0 radical (unpaired) electrons. The van der Waals surface area contributed by atoms with E-state index in [0.717, 1.165) is 21.9 Å². The molecule has 2 heterocycles. The van der Waals surface area contributed by atoms with Gasteiger partial charge in [0.05, 0.1) is 11.1 Å². The maximum Gasteiger partial charge on any atom is 0.416 e. The largest absolute Gasteiger partial charge is 0.416 e. The van der Waals surface area contributed by atoms with Gasteiger partial charge in [-0.2, -0.15) is 13.2 Å². The van der Waals surface area contributed by atoms with Crippen molar-refractivity contribution in [1.29, 1.82) is 0 Å². The average molecular weight is 388 g/mol. The van der Waals surface area contributed by atoms with E-state index in [4.69, 9.17) is 0 Å². The number of fused-ring (bicyclic) bond motifs is 1. The smallest absolute Gasteiger partial charge is 0.360 e. The fourth-order valence-corrected chi connectivity index (χ4v) is 4.07. The third-order valence-electron chi connectivity index (χ3n) is 4.41. The molecule has 1 atom stereocenters. The summed E-state index contributed by atoms with van der Waals surface area (Å²) in [5.74, 6) is -0.334. The van der Waals surface area contributed by atoms with Crippen LogP contribution in [0.1, 0.15) is 31.8 Å². The molecule has 1 aliphatic heterocycles. The van der Waals surface area contributed by atoms with Crippen LogP contribution in [0.2, 0.25) is 0 Å². The second-order valence-corrected chi connectivity index (χ2v) is 7.58. The highest BCUT2D eigenvalue weighted by Crippen LogP contribution is 2.40. The molecule has 1 aromatic heterocycles. The molecule has 1 N–H and O–H groups in total. The van der Waals surface area contributed by atoms with Crippen molar-refractivity contribution in [3.63, 3.8) is 0 Å². The van der Waals surface area contributed by atoms with Crippen LogP contribution >= 0.6 is 11.3 Å². The number of hydrogen-bond donors (Lipinski definition) is 1. The van der Waals surface area contributed by atoms with Gasteiger partial charge < -0.3 is 5.32 Å². The summed E-state index contributed by atoms with van der Waals surface area (Å²) in [6.07, 6.45) is -5.05. The first-order valence-corrected chi connectivity index (χ1v) is 9.09. The summed E-state index contributed by atoms with van der Waals surface area (Å²) in [6.45, 7) is 1.95. The number of alkyl halides is 3. The number of rotatable bonds is 2. The Morgan fingerprint density at radius 1 is 1.04 bits per heavy atom. The first kappa shape index (κ1) is 17.6. The summed E-state index contributed by atoms with van der Waals surface area (Å²) < 4.78 is 39.5. The molecule has 0 saturated carbocycles. The molecule has 1 amide bonds. The monoisotopic (exact) mass is 388 g/mol. The van der Waals surface area contributed by atoms with Gasteiger partial charge in [0.2, 0.25) is 0 Å². The number of benzene rings is 2. The number of halogens is 3. The van der Waals surface area contributed by atoms with E-state index in [1.807, 2.05) is 25.1 Å². The number of amides is 1. The second kappa shape index (κ2) is 6.42. The van der Waals surface area contributed by atoms with Crippen molar-refractivity contribution in [3.05, 3.63) is 81.5 Å². The van der Waals surface area contributed by atoms with Crippen LogP contribution in [0.15, 0.2) is 60.7 Å². The van der Waals surface area contributed by atoms with E-state index < -0.39 is 17.9 Å². The van der Waals surface area contributed by atoms with E-state index in [-0.39, 0.29) is 11.6 Å². The minimum Gasteiger partial charge on any atom is -0.360 e. The van der Waals surface area contributed by atoms with Crippen LogP contribution in [-0.4, -0.2) is 5.91 Å². The van der Waals surface area contributed by atoms with Gasteiger partial charge in [0, 0.05) is 21.1 Å². The molecule has 4 rings (SSSR count). The summed E-state index contributed by atoms with van der Waals surface area (Å²) in [6, 6.07) is 15.7. The Labute approximate surface area is 158 Å². The van der Waals surface area contributed by atoms with Gasteiger partial charge in [0.25, 0.3) is 5.91 Å². The molecule has 0 fully saturated rings. The van der Waals surface area contributed by atoms with Crippen LogP contribution in [0.5, 0.6) is 0 Å². The van der Waals surface area contributed by atoms with E-state index in [2.05, 4.69) is 5.32 Å². The lowest BCUT2D eigenvalue weighted by molar-refractivity contribution is -0.137. The minimum absolute atomic E-state index is 0.202. The van der Waals surface area contributed by atoms with Gasteiger partial charge in [0.15, 0.2) is 0 Å². The van der Waals surface area contributed by atoms with Crippen molar-refractivity contribution in [3.8, 4) is 0 Å². The number of nitrogens with zero attached hydrogens (tertiary/aromatic N) is 1. The Morgan fingerprint density at radius 3 is 2.52 bits per heavy atom. The number of anilines is 2. The Hall–Kier alpha value is -2.80. The zero-order chi connectivity index (χ0) is 19.2. The van der Waals surface area contributed by atoms with E-state index in [9.17, 15) is 18.0 Å². The lowest BCUT2D eigenvalue weighted by Crippen LogP contribution is -2.42. The topological polar surface area (TPSA) is 32.3 Å². The molecular weight excluding hydrogens is 373 g/mol. The van der Waals surface area contributed by atoms with Crippen LogP contribution in [0, 0.1) is 6.92 Å². The van der Waals surface area contributed by atoms with Crippen LogP contribution in [0.3, 0.4) is 0 Å². The molecule has 0 bridgehead atoms. The highest BCUT2D eigenvalue weighted by Gasteiger charge is 2.36. The Kier molecular flexibility index (Phi) is 4.19. The molecule has 0 saturated heterocycles. The molecule has 2 aromatic carbocycles. The molecule has 27 heavy (non-hydrogen) atoms. The molecule has 0 spiro atoms. The van der Waals surface area contributed by atoms with E-state index in [1.54, 1.807) is 18.2 Å². The van der Waals surface area contributed by atoms with Crippen molar-refractivity contribution in [2.75, 3.05) is 10.2 Å². The standard InChI is InChI=1S/C20H15F3N2OS/c1-12-9-10-17(27-12)18-24-16-8-3-2-7-15(16)19(26)25(18)14-6-4-5-13(11-14)20(21,22)23/h2-11,18,24H,1H3. The Balaban J connectivity index is 1.86. The number of nitrogens with one attached hydrogen (secondary N) is 1. The molecule has 3 aromatic rings. The van der Waals surface area contributed by atoms with Crippen LogP contribution < -0.4 is 10.2 Å². The van der Waals surface area contributed by atoms with Gasteiger partial charge in [-0.25, -0.2) is 0 Å². The van der Waals surface area contributed by atoms with Crippen molar-refractivity contribution < 1.29 is 18.0 Å². The summed E-state index contributed by atoms with van der Waals surface area (Å²) in [7, 11) is 0. The average Bonchev–Trinajstić information content (AvgIpc) is 3.07. The highest BCUT2D eigenvalue weighted by molar-refractivity contribution is 7.12. The van der Waals surface area contributed by atoms with Gasteiger partial charge in [-0.1, -0.05) is 18.2 Å². The van der Waals surface area contributed by atoms with Crippen LogP contribution in [0.25, 0.3) is 0 Å². The predicted octanol–water partition coefficient (Wildman–Crippen LogP) is 5.85. The second-order valence-electron chi connectivity index (χ2n) is 6.26.